The molecule has 5 heterocycles. The van der Waals surface area contributed by atoms with Crippen LogP contribution in [0.25, 0.3) is 21.5 Å². The highest BCUT2D eigenvalue weighted by molar-refractivity contribution is 7.99. The third-order valence-corrected chi connectivity index (χ3v) is 7.30. The van der Waals surface area contributed by atoms with E-state index in [0.717, 1.165) is 31.6 Å². The van der Waals surface area contributed by atoms with Gasteiger partial charge in [0.15, 0.2) is 0 Å². The molecule has 1 aliphatic heterocycles. The average molecular weight is 473 g/mol. The lowest BCUT2D eigenvalue weighted by molar-refractivity contribution is 0.209. The first-order valence-corrected chi connectivity index (χ1v) is 11.7. The van der Waals surface area contributed by atoms with Crippen molar-refractivity contribution < 1.29 is 4.39 Å². The molecule has 8 nitrogen and oxygen atoms in total. The Morgan fingerprint density at radius 2 is 2.06 bits per heavy atom. The molecule has 5 rings (SSSR count). The molecule has 34 heavy (non-hydrogen) atoms. The fourth-order valence-electron chi connectivity index (χ4n) is 4.45. The predicted molar refractivity (Wildman–Crippen MR) is 126 cm³/mol. The van der Waals surface area contributed by atoms with E-state index >= 15 is 4.39 Å². The largest absolute Gasteiger partial charge is 0.306 e. The van der Waals surface area contributed by atoms with Crippen LogP contribution in [0, 0.1) is 30.8 Å². The van der Waals surface area contributed by atoms with E-state index in [2.05, 4.69) is 38.0 Å². The van der Waals surface area contributed by atoms with Gasteiger partial charge >= 0.3 is 0 Å². The molecule has 1 saturated heterocycles. The van der Waals surface area contributed by atoms with Crippen LogP contribution in [0.1, 0.15) is 30.1 Å². The van der Waals surface area contributed by atoms with Crippen LogP contribution in [-0.4, -0.2) is 49.4 Å². The van der Waals surface area contributed by atoms with E-state index in [1.807, 2.05) is 17.7 Å². The molecular weight excluding hydrogens is 451 g/mol. The lowest BCUT2D eigenvalue weighted by atomic mass is 10.0. The summed E-state index contributed by atoms with van der Waals surface area (Å²) in [6.45, 7) is 11.3. The van der Waals surface area contributed by atoms with Gasteiger partial charge in [0.05, 0.1) is 35.5 Å². The highest BCUT2D eigenvalue weighted by Crippen LogP contribution is 2.40. The molecule has 0 aromatic carbocycles. The summed E-state index contributed by atoms with van der Waals surface area (Å²) >= 11 is 1.31. The van der Waals surface area contributed by atoms with E-state index in [-0.39, 0.29) is 6.04 Å². The van der Waals surface area contributed by atoms with Gasteiger partial charge in [-0.1, -0.05) is 11.8 Å². The van der Waals surface area contributed by atoms with Gasteiger partial charge in [0.25, 0.3) is 0 Å². The Balaban J connectivity index is 1.63. The Morgan fingerprint density at radius 1 is 1.26 bits per heavy atom. The van der Waals surface area contributed by atoms with Crippen LogP contribution in [0.2, 0.25) is 0 Å². The van der Waals surface area contributed by atoms with E-state index in [9.17, 15) is 5.26 Å². The fourth-order valence-corrected chi connectivity index (χ4v) is 5.50. The van der Waals surface area contributed by atoms with Crippen LogP contribution < -0.4 is 0 Å². The Labute approximate surface area is 200 Å². The third kappa shape index (κ3) is 3.81. The highest BCUT2D eigenvalue weighted by atomic mass is 32.2. The minimum atomic E-state index is -0.525. The van der Waals surface area contributed by atoms with Crippen LogP contribution in [0.4, 0.5) is 10.1 Å². The van der Waals surface area contributed by atoms with Crippen LogP contribution in [-0.2, 0) is 0 Å². The minimum Gasteiger partial charge on any atom is -0.306 e. The predicted octanol–water partition coefficient (Wildman–Crippen LogP) is 4.88. The number of nitrogens with zero attached hydrogens (tertiary/aromatic N) is 8. The van der Waals surface area contributed by atoms with Crippen molar-refractivity contribution in [2.75, 3.05) is 20.1 Å². The number of hydrogen-bond acceptors (Lipinski definition) is 6. The lowest BCUT2D eigenvalue weighted by Gasteiger charge is -2.29. The molecule has 0 bridgehead atoms. The highest BCUT2D eigenvalue weighted by Gasteiger charge is 2.26. The zero-order chi connectivity index (χ0) is 23.8. The molecule has 0 N–H and O–H groups in total. The summed E-state index contributed by atoms with van der Waals surface area (Å²) in [6, 6.07) is 5.82. The number of pyridine rings is 2. The first-order valence-electron chi connectivity index (χ1n) is 10.8. The number of likely N-dealkylation sites (tertiary alicyclic amines) is 1. The van der Waals surface area contributed by atoms with Gasteiger partial charge in [-0.05, 0) is 52.0 Å². The molecular formula is C24H21FN8S. The van der Waals surface area contributed by atoms with Crippen LogP contribution in [0.15, 0.2) is 46.7 Å². The van der Waals surface area contributed by atoms with Gasteiger partial charge < -0.3 is 4.90 Å². The van der Waals surface area contributed by atoms with E-state index < -0.39 is 5.95 Å². The van der Waals surface area contributed by atoms with E-state index in [1.54, 1.807) is 29.2 Å². The Morgan fingerprint density at radius 3 is 2.79 bits per heavy atom. The molecule has 0 radical (unpaired) electrons. The topological polar surface area (TPSA) is 79.4 Å². The van der Waals surface area contributed by atoms with Crippen molar-refractivity contribution in [2.45, 2.75) is 35.6 Å². The second-order valence-electron chi connectivity index (χ2n) is 8.34. The summed E-state index contributed by atoms with van der Waals surface area (Å²) in [5.74, 6) is -0.525. The summed E-state index contributed by atoms with van der Waals surface area (Å²) in [7, 11) is 2.09. The van der Waals surface area contributed by atoms with Gasteiger partial charge in [-0.15, -0.1) is 5.10 Å². The molecule has 0 saturated carbocycles. The number of aromatic nitrogens is 5. The number of halogens is 1. The quantitative estimate of drug-likeness (QED) is 0.394. The maximum absolute atomic E-state index is 15.3. The Bertz CT molecular complexity index is 1470. The zero-order valence-electron chi connectivity index (χ0n) is 18.7. The maximum atomic E-state index is 15.3. The monoisotopic (exact) mass is 472 g/mol. The van der Waals surface area contributed by atoms with Crippen molar-refractivity contribution in [3.05, 3.63) is 65.5 Å². The summed E-state index contributed by atoms with van der Waals surface area (Å²) in [6.07, 6.45) is 8.25. The number of nitriles is 1. The van der Waals surface area contributed by atoms with E-state index in [4.69, 9.17) is 6.57 Å². The molecule has 0 aliphatic carbocycles. The van der Waals surface area contributed by atoms with Gasteiger partial charge in [0.2, 0.25) is 11.6 Å². The van der Waals surface area contributed by atoms with Gasteiger partial charge in [-0.2, -0.15) is 14.8 Å². The average Bonchev–Trinajstić information content (AvgIpc) is 3.40. The van der Waals surface area contributed by atoms with Crippen molar-refractivity contribution in [2.24, 2.45) is 0 Å². The van der Waals surface area contributed by atoms with Gasteiger partial charge in [-0.3, -0.25) is 9.67 Å². The van der Waals surface area contributed by atoms with Crippen LogP contribution in [0.5, 0.6) is 0 Å². The Kier molecular flexibility index (Phi) is 5.78. The van der Waals surface area contributed by atoms with Gasteiger partial charge in [-0.25, -0.2) is 9.36 Å². The number of piperidine rings is 1. The molecule has 4 aromatic rings. The van der Waals surface area contributed by atoms with Crippen molar-refractivity contribution in [1.29, 1.82) is 5.26 Å². The molecule has 0 spiro atoms. The molecule has 1 fully saturated rings. The number of rotatable bonds is 4. The van der Waals surface area contributed by atoms with Crippen molar-refractivity contribution in [3.63, 3.8) is 0 Å². The number of fused-ring (bicyclic) bond motifs is 1. The van der Waals surface area contributed by atoms with Crippen molar-refractivity contribution in [3.8, 4) is 17.2 Å². The summed E-state index contributed by atoms with van der Waals surface area (Å²) < 4.78 is 18.7. The molecule has 0 atom stereocenters. The number of hydrogen-bond donors (Lipinski definition) is 0. The SMILES string of the molecule is [C-]#[N+]c1ccncc1Sc1cc(-c2c(F)nn(C3CCN(C)CC3)c2C)cn2ncc(C#N)c12. The smallest absolute Gasteiger partial charge is 0.240 e. The molecule has 10 heteroatoms. The van der Waals surface area contributed by atoms with E-state index in [0.29, 0.717) is 37.7 Å². The second-order valence-corrected chi connectivity index (χ2v) is 9.43. The molecule has 1 aliphatic rings. The normalized spacial score (nSPS) is 14.9. The maximum Gasteiger partial charge on any atom is 0.240 e. The van der Waals surface area contributed by atoms with E-state index in [1.165, 1.54) is 18.0 Å². The standard InChI is InChI=1S/C24H21FN8S/c1-15-22(24(25)30-33(15)18-5-8-31(3)9-6-18)16-10-20(23-17(11-26)12-29-32(23)14-16)34-21-13-28-7-4-19(21)27-2/h4,7,10,12-14,18H,5-6,8-9H2,1,3H3. The molecule has 0 unspecified atom stereocenters. The zero-order valence-corrected chi connectivity index (χ0v) is 19.6. The van der Waals surface area contributed by atoms with Gasteiger partial charge in [0, 0.05) is 39.6 Å². The minimum absolute atomic E-state index is 0.156. The second kappa shape index (κ2) is 8.90. The van der Waals surface area contributed by atoms with Crippen LogP contribution in [0.3, 0.4) is 0 Å². The molecule has 4 aromatic heterocycles. The summed E-state index contributed by atoms with van der Waals surface area (Å²) in [4.78, 5) is 11.3. The molecule has 0 amide bonds. The molecule has 170 valence electrons. The van der Waals surface area contributed by atoms with Crippen LogP contribution >= 0.6 is 11.8 Å². The Hall–Kier alpha value is -3.73. The van der Waals surface area contributed by atoms with Crippen molar-refractivity contribution in [1.82, 2.24) is 29.3 Å². The fraction of sp³-hybridized carbons (Fsp3) is 0.292. The third-order valence-electron chi connectivity index (χ3n) is 6.23. The summed E-state index contributed by atoms with van der Waals surface area (Å²) in [5.41, 5.74) is 3.27. The lowest BCUT2D eigenvalue weighted by Crippen LogP contribution is -2.32. The first kappa shape index (κ1) is 22.1. The summed E-state index contributed by atoms with van der Waals surface area (Å²) in [5, 5.41) is 18.2. The van der Waals surface area contributed by atoms with Crippen molar-refractivity contribution >= 4 is 23.0 Å². The van der Waals surface area contributed by atoms with Gasteiger partial charge in [0.1, 0.15) is 6.07 Å². The first-order chi connectivity index (χ1) is 16.5.